The van der Waals surface area contributed by atoms with Crippen molar-refractivity contribution in [3.8, 4) is 0 Å². The molecule has 2 unspecified atom stereocenters. The average Bonchev–Trinajstić information content (AvgIpc) is 2.93. The second-order valence-electron chi connectivity index (χ2n) is 8.00. The molecule has 0 aromatic heterocycles. The van der Waals surface area contributed by atoms with Gasteiger partial charge in [-0.2, -0.15) is 24.3 Å². The van der Waals surface area contributed by atoms with Crippen LogP contribution in [0.2, 0.25) is 0 Å². The maximum Gasteiger partial charge on any atom is 1.00 e. The smallest absolute Gasteiger partial charge is 0.466 e. The summed E-state index contributed by atoms with van der Waals surface area (Å²) in [6.45, 7) is 12.7. The number of esters is 1. The van der Waals surface area contributed by atoms with Gasteiger partial charge in [0.2, 0.25) is 0 Å². The van der Waals surface area contributed by atoms with Gasteiger partial charge >= 0.3 is 35.5 Å². The molecule has 6 heteroatoms. The molecule has 1 aliphatic rings. The van der Waals surface area contributed by atoms with Gasteiger partial charge in [0.05, 0.1) is 13.0 Å². The Hall–Kier alpha value is -1.11. The molecule has 31 heavy (non-hydrogen) atoms. The molecule has 2 aromatic carbocycles. The Morgan fingerprint density at radius 1 is 1.16 bits per heavy atom. The van der Waals surface area contributed by atoms with Crippen LogP contribution in [0.4, 0.5) is 5.69 Å². The molecule has 1 heterocycles. The third-order valence-electron chi connectivity index (χ3n) is 6.24. The van der Waals surface area contributed by atoms with E-state index in [1.165, 1.54) is 16.6 Å². The molecule has 0 aliphatic carbocycles. The van der Waals surface area contributed by atoms with Crippen molar-refractivity contribution >= 4 is 22.4 Å². The van der Waals surface area contributed by atoms with Crippen LogP contribution >= 0.6 is 0 Å². The van der Waals surface area contributed by atoms with Crippen LogP contribution in [0.1, 0.15) is 53.0 Å². The van der Waals surface area contributed by atoms with Gasteiger partial charge in [0, 0.05) is 43.3 Å². The molecule has 0 radical (unpaired) electrons. The average molecular weight is 436 g/mol. The van der Waals surface area contributed by atoms with Crippen LogP contribution in [-0.4, -0.2) is 44.7 Å². The van der Waals surface area contributed by atoms with Crippen LogP contribution in [0.25, 0.3) is 10.8 Å². The van der Waals surface area contributed by atoms with Crippen molar-refractivity contribution in [1.29, 1.82) is 0 Å². The minimum Gasteiger partial charge on any atom is -0.466 e. The summed E-state index contributed by atoms with van der Waals surface area (Å²) >= 11 is 0. The van der Waals surface area contributed by atoms with Crippen LogP contribution < -0.4 is 34.5 Å². The molecule has 5 nitrogen and oxygen atoms in total. The summed E-state index contributed by atoms with van der Waals surface area (Å²) in [7, 11) is 0. The van der Waals surface area contributed by atoms with Crippen molar-refractivity contribution in [2.75, 3.05) is 31.3 Å². The zero-order valence-corrected chi connectivity index (χ0v) is 21.9. The molecule has 3 rings (SSSR count). The van der Waals surface area contributed by atoms with E-state index in [-0.39, 0.29) is 53.3 Å². The van der Waals surface area contributed by atoms with Crippen molar-refractivity contribution in [2.45, 2.75) is 65.2 Å². The number of hydrogen-bond acceptors (Lipinski definition) is 5. The first-order valence-electron chi connectivity index (χ1n) is 11.0. The summed E-state index contributed by atoms with van der Waals surface area (Å²) in [6.07, 6.45) is 0.896. The molecule has 2 aromatic rings. The maximum absolute atomic E-state index is 12.6. The molecule has 0 bridgehead atoms. The summed E-state index contributed by atoms with van der Waals surface area (Å²) < 4.78 is 16.9. The zero-order chi connectivity index (χ0) is 21.7. The molecule has 0 amide bonds. The van der Waals surface area contributed by atoms with Crippen LogP contribution in [0.5, 0.6) is 0 Å². The first-order chi connectivity index (χ1) is 14.5. The Morgan fingerprint density at radius 2 is 1.87 bits per heavy atom. The van der Waals surface area contributed by atoms with Crippen molar-refractivity contribution in [3.63, 3.8) is 0 Å². The fourth-order valence-corrected chi connectivity index (χ4v) is 4.69. The van der Waals surface area contributed by atoms with Gasteiger partial charge in [0.15, 0.2) is 6.29 Å². The molecular formula is C25H34NNaO4. The van der Waals surface area contributed by atoms with Crippen LogP contribution in [0.15, 0.2) is 30.3 Å². The Kier molecular flexibility index (Phi) is 9.84. The number of ether oxygens (including phenoxy) is 3. The van der Waals surface area contributed by atoms with Crippen LogP contribution in [0.3, 0.4) is 0 Å². The van der Waals surface area contributed by atoms with E-state index in [9.17, 15) is 4.79 Å². The summed E-state index contributed by atoms with van der Waals surface area (Å²) in [4.78, 5) is 15.0. The quantitative estimate of drug-likeness (QED) is 0.247. The van der Waals surface area contributed by atoms with Gasteiger partial charge in [-0.25, -0.2) is 0 Å². The van der Waals surface area contributed by atoms with E-state index in [1.807, 2.05) is 32.9 Å². The number of nitrogens with zero attached hydrogens (tertiary/aromatic N) is 1. The topological polar surface area (TPSA) is 48.0 Å². The summed E-state index contributed by atoms with van der Waals surface area (Å²) in [5, 5.41) is 2.32. The largest absolute Gasteiger partial charge is 1.00 e. The minimum atomic E-state index is -0.352. The van der Waals surface area contributed by atoms with Crippen LogP contribution in [0, 0.1) is 6.07 Å². The fourth-order valence-electron chi connectivity index (χ4n) is 4.69. The molecule has 0 fully saturated rings. The van der Waals surface area contributed by atoms with Gasteiger partial charge in [0.25, 0.3) is 0 Å². The van der Waals surface area contributed by atoms with E-state index in [2.05, 4.69) is 43.0 Å². The molecule has 0 saturated heterocycles. The molecule has 2 atom stereocenters. The molecule has 0 saturated carbocycles. The second kappa shape index (κ2) is 11.7. The zero-order valence-electron chi connectivity index (χ0n) is 19.9. The molecule has 0 spiro atoms. The number of hydrogen-bond donors (Lipinski definition) is 0. The standard InChI is InChI=1S/C25H34NO4.Na/c1-6-28-22(27)17-25(5)18(4)26(16-15-23(29-7-2)30-8-3)21-14-13-19-11-9-10-12-20(19)24(21)25;/h10-14,18,23H,6-8,15-17H2,1-5H3;/q-1;+1. The van der Waals surface area contributed by atoms with Crippen LogP contribution in [-0.2, 0) is 24.4 Å². The van der Waals surface area contributed by atoms with E-state index in [0.717, 1.165) is 18.4 Å². The first kappa shape index (κ1) is 26.1. The number of carbonyl (C=O) groups excluding carboxylic acids is 1. The second-order valence-corrected chi connectivity index (χ2v) is 8.00. The third-order valence-corrected chi connectivity index (χ3v) is 6.24. The Morgan fingerprint density at radius 3 is 2.52 bits per heavy atom. The number of fused-ring (bicyclic) bond motifs is 3. The molecular weight excluding hydrogens is 401 g/mol. The Labute approximate surface area is 208 Å². The van der Waals surface area contributed by atoms with E-state index in [0.29, 0.717) is 26.2 Å². The van der Waals surface area contributed by atoms with Crippen molar-refractivity contribution < 1.29 is 48.6 Å². The summed E-state index contributed by atoms with van der Waals surface area (Å²) in [5.74, 6) is -0.152. The SMILES string of the molecule is CCOC(=O)CC1(C)c2c(ccc3c[c-]ccc23)N(CCC(OCC)OCC)C1C.[Na+]. The number of benzene rings is 2. The molecule has 1 aliphatic heterocycles. The first-order valence-corrected chi connectivity index (χ1v) is 11.0. The van der Waals surface area contributed by atoms with Crippen molar-refractivity contribution in [2.24, 2.45) is 0 Å². The van der Waals surface area contributed by atoms with Gasteiger partial charge in [-0.3, -0.25) is 4.79 Å². The molecule has 164 valence electrons. The monoisotopic (exact) mass is 435 g/mol. The van der Waals surface area contributed by atoms with E-state index >= 15 is 0 Å². The van der Waals surface area contributed by atoms with Gasteiger partial charge < -0.3 is 19.1 Å². The molecule has 0 N–H and O–H groups in total. The fraction of sp³-hybridized carbons (Fsp3) is 0.560. The van der Waals surface area contributed by atoms with E-state index in [4.69, 9.17) is 14.2 Å². The third kappa shape index (κ3) is 5.45. The van der Waals surface area contributed by atoms with E-state index < -0.39 is 0 Å². The van der Waals surface area contributed by atoms with Crippen molar-refractivity contribution in [1.82, 2.24) is 0 Å². The Balaban J connectivity index is 0.00000341. The van der Waals surface area contributed by atoms with Gasteiger partial charge in [0.1, 0.15) is 0 Å². The van der Waals surface area contributed by atoms with Crippen molar-refractivity contribution in [3.05, 3.63) is 42.0 Å². The number of anilines is 1. The maximum atomic E-state index is 12.6. The van der Waals surface area contributed by atoms with Gasteiger partial charge in [-0.15, -0.1) is 16.8 Å². The Bertz CT molecular complexity index is 868. The van der Waals surface area contributed by atoms with Gasteiger partial charge in [-0.1, -0.05) is 13.0 Å². The van der Waals surface area contributed by atoms with Gasteiger partial charge in [-0.05, 0) is 33.3 Å². The predicted molar refractivity (Wildman–Crippen MR) is 120 cm³/mol. The van der Waals surface area contributed by atoms with E-state index in [1.54, 1.807) is 0 Å². The summed E-state index contributed by atoms with van der Waals surface area (Å²) in [5.41, 5.74) is 2.05. The summed E-state index contributed by atoms with van der Waals surface area (Å²) in [6, 6.07) is 13.7. The normalized spacial score (nSPS) is 20.1. The number of carbonyl (C=O) groups is 1. The number of rotatable bonds is 10. The minimum absolute atomic E-state index is 0. The predicted octanol–water partition coefficient (Wildman–Crippen LogP) is 1.85.